The Bertz CT molecular complexity index is 662. The van der Waals surface area contributed by atoms with Crippen molar-refractivity contribution in [3.63, 3.8) is 0 Å². The Hall–Kier alpha value is -2.02. The van der Waals surface area contributed by atoms with Gasteiger partial charge in [0.2, 0.25) is 0 Å². The Labute approximate surface area is 130 Å². The highest BCUT2D eigenvalue weighted by atomic mass is 79.9. The summed E-state index contributed by atoms with van der Waals surface area (Å²) in [5.74, 6) is 0.821. The second-order valence-electron chi connectivity index (χ2n) is 5.44. The molecule has 2 rings (SSSR count). The number of benzene rings is 1. The molecule has 0 saturated heterocycles. The van der Waals surface area contributed by atoms with Gasteiger partial charge in [-0.1, -0.05) is 5.16 Å². The van der Waals surface area contributed by atoms with Crippen LogP contribution in [0.1, 0.15) is 20.8 Å². The standard InChI is InChI=1S/C14H16BrN3O3/c1-14(2,3)20-13(19)17-10-6-8(4-5-9(10)15)11-7-12(16)18-21-11/h4-7H,1-3H3,(H2,16,18)(H,17,19). The number of ether oxygens (including phenoxy) is 1. The van der Waals surface area contributed by atoms with Gasteiger partial charge in [-0.2, -0.15) is 0 Å². The van der Waals surface area contributed by atoms with Gasteiger partial charge in [-0.25, -0.2) is 4.79 Å². The first-order valence-electron chi connectivity index (χ1n) is 6.27. The van der Waals surface area contributed by atoms with E-state index in [1.165, 1.54) is 0 Å². The van der Waals surface area contributed by atoms with Crippen molar-refractivity contribution in [1.82, 2.24) is 5.16 Å². The zero-order chi connectivity index (χ0) is 15.6. The number of nitrogen functional groups attached to an aromatic ring is 1. The van der Waals surface area contributed by atoms with E-state index in [0.717, 1.165) is 10.0 Å². The highest BCUT2D eigenvalue weighted by molar-refractivity contribution is 9.10. The minimum absolute atomic E-state index is 0.301. The quantitative estimate of drug-likeness (QED) is 0.850. The lowest BCUT2D eigenvalue weighted by Gasteiger charge is -2.20. The number of hydrogen-bond acceptors (Lipinski definition) is 5. The molecular formula is C14H16BrN3O3. The smallest absolute Gasteiger partial charge is 0.412 e. The van der Waals surface area contributed by atoms with E-state index in [-0.39, 0.29) is 0 Å². The Morgan fingerprint density at radius 3 is 2.67 bits per heavy atom. The number of carbonyl (C=O) groups is 1. The highest BCUT2D eigenvalue weighted by Crippen LogP contribution is 2.30. The maximum absolute atomic E-state index is 11.8. The van der Waals surface area contributed by atoms with E-state index in [1.54, 1.807) is 39.0 Å². The van der Waals surface area contributed by atoms with Crippen LogP contribution in [0.5, 0.6) is 0 Å². The van der Waals surface area contributed by atoms with Gasteiger partial charge < -0.3 is 15.0 Å². The Morgan fingerprint density at radius 2 is 2.10 bits per heavy atom. The maximum Gasteiger partial charge on any atom is 0.412 e. The minimum Gasteiger partial charge on any atom is -0.444 e. The zero-order valence-electron chi connectivity index (χ0n) is 11.9. The molecule has 21 heavy (non-hydrogen) atoms. The van der Waals surface area contributed by atoms with Crippen molar-refractivity contribution in [1.29, 1.82) is 0 Å². The predicted molar refractivity (Wildman–Crippen MR) is 83.9 cm³/mol. The van der Waals surface area contributed by atoms with E-state index in [1.807, 2.05) is 6.07 Å². The summed E-state index contributed by atoms with van der Waals surface area (Å²) in [5.41, 5.74) is 6.28. The van der Waals surface area contributed by atoms with Crippen molar-refractivity contribution >= 4 is 33.5 Å². The molecule has 1 aromatic heterocycles. The van der Waals surface area contributed by atoms with Crippen LogP contribution in [0.25, 0.3) is 11.3 Å². The molecule has 0 saturated carbocycles. The molecule has 1 heterocycles. The van der Waals surface area contributed by atoms with Crippen molar-refractivity contribution < 1.29 is 14.1 Å². The van der Waals surface area contributed by atoms with E-state index in [4.69, 9.17) is 15.0 Å². The van der Waals surface area contributed by atoms with Gasteiger partial charge in [-0.3, -0.25) is 5.32 Å². The van der Waals surface area contributed by atoms with Gasteiger partial charge in [-0.05, 0) is 54.9 Å². The summed E-state index contributed by atoms with van der Waals surface area (Å²) in [6.45, 7) is 5.40. The third-order valence-corrected chi connectivity index (χ3v) is 3.11. The lowest BCUT2D eigenvalue weighted by Crippen LogP contribution is -2.27. The Kier molecular flexibility index (Phi) is 4.22. The molecule has 3 N–H and O–H groups in total. The fraction of sp³-hybridized carbons (Fsp3) is 0.286. The lowest BCUT2D eigenvalue weighted by molar-refractivity contribution is 0.0636. The molecule has 0 aliphatic heterocycles. The van der Waals surface area contributed by atoms with Gasteiger partial charge in [0.05, 0.1) is 5.69 Å². The van der Waals surface area contributed by atoms with E-state index < -0.39 is 11.7 Å². The van der Waals surface area contributed by atoms with Gasteiger partial charge >= 0.3 is 6.09 Å². The van der Waals surface area contributed by atoms with Crippen LogP contribution >= 0.6 is 15.9 Å². The van der Waals surface area contributed by atoms with Gasteiger partial charge in [0, 0.05) is 16.1 Å². The number of nitrogens with one attached hydrogen (secondary N) is 1. The molecule has 0 aliphatic carbocycles. The summed E-state index contributed by atoms with van der Waals surface area (Å²) >= 11 is 3.38. The third kappa shape index (κ3) is 4.22. The van der Waals surface area contributed by atoms with Crippen LogP contribution in [0, 0.1) is 0 Å². The Balaban J connectivity index is 2.22. The monoisotopic (exact) mass is 353 g/mol. The molecule has 1 aromatic carbocycles. The van der Waals surface area contributed by atoms with Gasteiger partial charge in [0.15, 0.2) is 11.6 Å². The van der Waals surface area contributed by atoms with E-state index in [0.29, 0.717) is 17.3 Å². The summed E-state index contributed by atoms with van der Waals surface area (Å²) in [6, 6.07) is 6.97. The number of nitrogens with zero attached hydrogens (tertiary/aromatic N) is 1. The number of hydrogen-bond donors (Lipinski definition) is 2. The van der Waals surface area contributed by atoms with Gasteiger partial charge in [0.25, 0.3) is 0 Å². The van der Waals surface area contributed by atoms with Crippen molar-refractivity contribution in [3.05, 3.63) is 28.7 Å². The van der Waals surface area contributed by atoms with Crippen molar-refractivity contribution in [3.8, 4) is 11.3 Å². The molecule has 2 aromatic rings. The highest BCUT2D eigenvalue weighted by Gasteiger charge is 2.17. The zero-order valence-corrected chi connectivity index (χ0v) is 13.5. The van der Waals surface area contributed by atoms with Gasteiger partial charge in [-0.15, -0.1) is 0 Å². The van der Waals surface area contributed by atoms with Crippen LogP contribution in [-0.2, 0) is 4.74 Å². The molecule has 0 spiro atoms. The second kappa shape index (κ2) is 5.77. The first-order valence-corrected chi connectivity index (χ1v) is 7.06. The average Bonchev–Trinajstić information content (AvgIpc) is 2.76. The molecule has 0 radical (unpaired) electrons. The average molecular weight is 354 g/mol. The molecular weight excluding hydrogens is 338 g/mol. The SMILES string of the molecule is CC(C)(C)OC(=O)Nc1cc(-c2cc(N)no2)ccc1Br. The van der Waals surface area contributed by atoms with Crippen LogP contribution in [-0.4, -0.2) is 16.9 Å². The summed E-state index contributed by atoms with van der Waals surface area (Å²) in [5, 5.41) is 6.32. The molecule has 0 unspecified atom stereocenters. The fourth-order valence-corrected chi connectivity index (χ4v) is 1.96. The number of carbonyl (C=O) groups excluding carboxylic acids is 1. The summed E-state index contributed by atoms with van der Waals surface area (Å²) in [4.78, 5) is 11.8. The van der Waals surface area contributed by atoms with Crippen molar-refractivity contribution in [2.24, 2.45) is 0 Å². The fourth-order valence-electron chi connectivity index (χ4n) is 1.61. The number of aromatic nitrogens is 1. The molecule has 0 fully saturated rings. The topological polar surface area (TPSA) is 90.4 Å². The van der Waals surface area contributed by atoms with Crippen LogP contribution < -0.4 is 11.1 Å². The predicted octanol–water partition coefficient (Wildman–Crippen LogP) is 4.03. The summed E-state index contributed by atoms with van der Waals surface area (Å²) in [6.07, 6.45) is -0.530. The molecule has 0 aliphatic rings. The Morgan fingerprint density at radius 1 is 1.38 bits per heavy atom. The number of amides is 1. The first-order chi connectivity index (χ1) is 9.74. The molecule has 0 atom stereocenters. The van der Waals surface area contributed by atoms with Crippen LogP contribution in [0.15, 0.2) is 33.3 Å². The number of nitrogens with two attached hydrogens (primary N) is 1. The van der Waals surface area contributed by atoms with Crippen LogP contribution in [0.4, 0.5) is 16.3 Å². The van der Waals surface area contributed by atoms with Crippen molar-refractivity contribution in [2.45, 2.75) is 26.4 Å². The van der Waals surface area contributed by atoms with Crippen LogP contribution in [0.3, 0.4) is 0 Å². The van der Waals surface area contributed by atoms with E-state index >= 15 is 0 Å². The molecule has 6 nitrogen and oxygen atoms in total. The first kappa shape index (κ1) is 15.4. The van der Waals surface area contributed by atoms with Crippen LogP contribution in [0.2, 0.25) is 0 Å². The molecule has 0 bridgehead atoms. The molecule has 1 amide bonds. The van der Waals surface area contributed by atoms with Gasteiger partial charge in [0.1, 0.15) is 5.60 Å². The van der Waals surface area contributed by atoms with E-state index in [9.17, 15) is 4.79 Å². The third-order valence-electron chi connectivity index (χ3n) is 2.41. The number of anilines is 2. The summed E-state index contributed by atoms with van der Waals surface area (Å²) in [7, 11) is 0. The van der Waals surface area contributed by atoms with Crippen molar-refractivity contribution in [2.75, 3.05) is 11.1 Å². The lowest BCUT2D eigenvalue weighted by atomic mass is 10.1. The second-order valence-corrected chi connectivity index (χ2v) is 6.29. The number of halogens is 1. The van der Waals surface area contributed by atoms with E-state index in [2.05, 4.69) is 26.4 Å². The minimum atomic E-state index is -0.562. The summed E-state index contributed by atoms with van der Waals surface area (Å²) < 4.78 is 11.0. The maximum atomic E-state index is 11.8. The normalized spacial score (nSPS) is 11.2. The molecule has 7 heteroatoms. The largest absolute Gasteiger partial charge is 0.444 e. The molecule has 112 valence electrons. The number of rotatable bonds is 2.